The summed E-state index contributed by atoms with van der Waals surface area (Å²) in [5.74, 6) is -2.87. The molecule has 9 nitrogen and oxygen atoms in total. The van der Waals surface area contributed by atoms with Crippen LogP contribution in [0.1, 0.15) is 40.4 Å². The zero-order valence-corrected chi connectivity index (χ0v) is 26.0. The fourth-order valence-corrected chi connectivity index (χ4v) is 5.96. The monoisotopic (exact) mass is 635 g/mol. The molecule has 1 amide bonds. The maximum absolute atomic E-state index is 15.3. The predicted octanol–water partition coefficient (Wildman–Crippen LogP) is 3.99. The molecular weight excluding hydrogens is 595 g/mol. The first-order valence-electron chi connectivity index (χ1n) is 15.4. The van der Waals surface area contributed by atoms with Gasteiger partial charge in [0.1, 0.15) is 23.5 Å². The summed E-state index contributed by atoms with van der Waals surface area (Å²) < 4.78 is 51.2. The molecule has 0 spiro atoms. The Morgan fingerprint density at radius 3 is 2.28 bits per heavy atom. The van der Waals surface area contributed by atoms with Crippen LogP contribution in [0.2, 0.25) is 0 Å². The smallest absolute Gasteiger partial charge is 0.240 e. The van der Waals surface area contributed by atoms with Gasteiger partial charge < -0.3 is 26.4 Å². The molecule has 3 heterocycles. The maximum atomic E-state index is 15.3. The first-order chi connectivity index (χ1) is 22.2. The first kappa shape index (κ1) is 33.1. The summed E-state index contributed by atoms with van der Waals surface area (Å²) in [4.78, 5) is 16.9. The van der Waals surface area contributed by atoms with Crippen LogP contribution in [-0.4, -0.2) is 65.1 Å². The molecule has 0 radical (unpaired) electrons. The Hall–Kier alpha value is -4.26. The lowest BCUT2D eigenvalue weighted by Gasteiger charge is -2.32. The Morgan fingerprint density at radius 2 is 1.67 bits per heavy atom. The van der Waals surface area contributed by atoms with Crippen LogP contribution < -0.4 is 21.7 Å². The summed E-state index contributed by atoms with van der Waals surface area (Å²) in [6.07, 6.45) is 3.21. The molecule has 1 aliphatic heterocycles. The molecule has 1 saturated heterocycles. The van der Waals surface area contributed by atoms with E-state index in [1.54, 1.807) is 24.3 Å². The fourth-order valence-electron chi connectivity index (χ4n) is 5.96. The van der Waals surface area contributed by atoms with Crippen molar-refractivity contribution in [1.29, 1.82) is 0 Å². The van der Waals surface area contributed by atoms with Gasteiger partial charge in [0.05, 0.1) is 42.5 Å². The van der Waals surface area contributed by atoms with Crippen LogP contribution in [0.4, 0.5) is 18.9 Å². The van der Waals surface area contributed by atoms with Gasteiger partial charge in [0, 0.05) is 43.4 Å². The highest BCUT2D eigenvalue weighted by Crippen LogP contribution is 2.32. The molecule has 4 aromatic rings. The summed E-state index contributed by atoms with van der Waals surface area (Å²) in [5, 5.41) is 14.5. The zero-order chi connectivity index (χ0) is 32.6. The van der Waals surface area contributed by atoms with Gasteiger partial charge in [-0.2, -0.15) is 5.10 Å². The minimum atomic E-state index is -1.09. The van der Waals surface area contributed by atoms with Gasteiger partial charge in [-0.05, 0) is 68.1 Å². The number of amides is 1. The number of carbonyl (C=O) groups is 1. The molecule has 3 atom stereocenters. The van der Waals surface area contributed by atoms with E-state index in [0.29, 0.717) is 54.9 Å². The lowest BCUT2D eigenvalue weighted by molar-refractivity contribution is -0.119. The Morgan fingerprint density at radius 1 is 1.02 bits per heavy atom. The van der Waals surface area contributed by atoms with E-state index in [4.69, 9.17) is 10.5 Å². The summed E-state index contributed by atoms with van der Waals surface area (Å²) in [6.45, 7) is 7.51. The van der Waals surface area contributed by atoms with Crippen molar-refractivity contribution in [2.45, 2.75) is 57.4 Å². The van der Waals surface area contributed by atoms with Crippen LogP contribution in [0.3, 0.4) is 0 Å². The van der Waals surface area contributed by atoms with Gasteiger partial charge in [-0.25, -0.2) is 13.2 Å². The number of benzene rings is 2. The van der Waals surface area contributed by atoms with E-state index in [1.165, 1.54) is 30.5 Å². The third kappa shape index (κ3) is 8.51. The minimum absolute atomic E-state index is 0.0505. The molecule has 0 bridgehead atoms. The number of anilines is 1. The molecule has 5 rings (SSSR count). The molecule has 0 unspecified atom stereocenters. The number of nitrogens with two attached hydrogens (primary N) is 1. The number of nitrogens with zero attached hydrogens (tertiary/aromatic N) is 3. The van der Waals surface area contributed by atoms with E-state index in [-0.39, 0.29) is 12.2 Å². The van der Waals surface area contributed by atoms with E-state index in [9.17, 15) is 13.6 Å². The van der Waals surface area contributed by atoms with E-state index in [0.717, 1.165) is 30.7 Å². The highest BCUT2D eigenvalue weighted by Gasteiger charge is 2.31. The van der Waals surface area contributed by atoms with Crippen LogP contribution in [0.25, 0.3) is 0 Å². The van der Waals surface area contributed by atoms with Crippen molar-refractivity contribution < 1.29 is 22.7 Å². The van der Waals surface area contributed by atoms with Gasteiger partial charge in [0.2, 0.25) is 5.91 Å². The topological polar surface area (TPSA) is 119 Å². The van der Waals surface area contributed by atoms with Gasteiger partial charge in [-0.1, -0.05) is 24.3 Å². The number of aromatic nitrogens is 3. The molecule has 0 saturated carbocycles. The van der Waals surface area contributed by atoms with Crippen LogP contribution in [0, 0.1) is 31.3 Å². The quantitative estimate of drug-likeness (QED) is 0.155. The fraction of sp³-hybridized carbons (Fsp3) is 0.382. The van der Waals surface area contributed by atoms with Gasteiger partial charge in [-0.3, -0.25) is 14.5 Å². The predicted molar refractivity (Wildman–Crippen MR) is 170 cm³/mol. The molecule has 46 heavy (non-hydrogen) atoms. The van der Waals surface area contributed by atoms with Crippen molar-refractivity contribution in [3.8, 4) is 0 Å². The molecule has 0 aliphatic carbocycles. The van der Waals surface area contributed by atoms with Gasteiger partial charge >= 0.3 is 0 Å². The number of halogens is 3. The Kier molecular flexibility index (Phi) is 11.1. The normalized spacial score (nSPS) is 17.3. The van der Waals surface area contributed by atoms with E-state index in [2.05, 4.69) is 32.1 Å². The number of hydrogen-bond acceptors (Lipinski definition) is 7. The number of rotatable bonds is 14. The summed E-state index contributed by atoms with van der Waals surface area (Å²) in [6, 6.07) is 12.3. The Balaban J connectivity index is 1.25. The second kappa shape index (κ2) is 15.4. The molecule has 2 aromatic heterocycles. The SMILES string of the molecule is Cc1cc(C)n(CCNC[C@@H]2CNC[C@@H](CCc3c(F)cncc3N[C@H](C(N)=O)C(c3ccc(F)cc3)c3ccc(F)cc3)O2)n1. The van der Waals surface area contributed by atoms with Gasteiger partial charge in [-0.15, -0.1) is 0 Å². The molecule has 5 N–H and O–H groups in total. The van der Waals surface area contributed by atoms with Crippen molar-refractivity contribution in [2.24, 2.45) is 5.73 Å². The number of pyridine rings is 1. The number of carbonyl (C=O) groups excluding carboxylic acids is 1. The summed E-state index contributed by atoms with van der Waals surface area (Å²) in [7, 11) is 0. The minimum Gasteiger partial charge on any atom is -0.371 e. The number of primary amides is 1. The largest absolute Gasteiger partial charge is 0.371 e. The lowest BCUT2D eigenvalue weighted by Crippen LogP contribution is -2.49. The standard InChI is InChI=1S/C34H40F3N7O2/c1-21-15-22(2)44(43-21)14-13-39-17-28-18-40-16-27(46-28)11-12-29-30(37)19-41-20-31(29)42-33(34(38)45)32(23-3-7-25(35)8-4-23)24-5-9-26(36)10-6-24/h3-10,15,19-20,27-28,32-33,39-40,42H,11-14,16-18H2,1-2H3,(H2,38,45)/t27-,28-,33+/m1/s1. The van der Waals surface area contributed by atoms with Crippen LogP contribution in [0.15, 0.2) is 67.0 Å². The van der Waals surface area contributed by atoms with E-state index >= 15 is 4.39 Å². The average molecular weight is 636 g/mol. The molecule has 244 valence electrons. The van der Waals surface area contributed by atoms with Crippen molar-refractivity contribution in [1.82, 2.24) is 25.4 Å². The maximum Gasteiger partial charge on any atom is 0.240 e. The molecular formula is C34H40F3N7O2. The van der Waals surface area contributed by atoms with E-state index in [1.807, 2.05) is 18.5 Å². The summed E-state index contributed by atoms with van der Waals surface area (Å²) in [5.41, 5.74) is 9.82. The summed E-state index contributed by atoms with van der Waals surface area (Å²) >= 11 is 0. The third-order valence-corrected chi connectivity index (χ3v) is 8.24. The number of hydrogen-bond donors (Lipinski definition) is 4. The number of nitrogens with one attached hydrogen (secondary N) is 3. The molecule has 2 aromatic carbocycles. The van der Waals surface area contributed by atoms with E-state index < -0.39 is 35.3 Å². The first-order valence-corrected chi connectivity index (χ1v) is 15.4. The average Bonchev–Trinajstić information content (AvgIpc) is 3.36. The van der Waals surface area contributed by atoms with Gasteiger partial charge in [0.15, 0.2) is 0 Å². The molecule has 1 aliphatic rings. The Bertz CT molecular complexity index is 1550. The van der Waals surface area contributed by atoms with Crippen molar-refractivity contribution in [3.63, 3.8) is 0 Å². The third-order valence-electron chi connectivity index (χ3n) is 8.24. The highest BCUT2D eigenvalue weighted by molar-refractivity contribution is 5.85. The number of morpholine rings is 1. The lowest BCUT2D eigenvalue weighted by atomic mass is 9.84. The van der Waals surface area contributed by atoms with Crippen LogP contribution in [0.5, 0.6) is 0 Å². The molecule has 12 heteroatoms. The zero-order valence-electron chi connectivity index (χ0n) is 26.0. The van der Waals surface area contributed by atoms with Crippen molar-refractivity contribution >= 4 is 11.6 Å². The number of aryl methyl sites for hydroxylation is 2. The van der Waals surface area contributed by atoms with Crippen molar-refractivity contribution in [3.05, 3.63) is 113 Å². The van der Waals surface area contributed by atoms with Crippen LogP contribution in [-0.2, 0) is 22.5 Å². The van der Waals surface area contributed by atoms with Crippen LogP contribution >= 0.6 is 0 Å². The second-order valence-electron chi connectivity index (χ2n) is 11.7. The number of ether oxygens (including phenoxy) is 1. The van der Waals surface area contributed by atoms with Gasteiger partial charge in [0.25, 0.3) is 0 Å². The second-order valence-corrected chi connectivity index (χ2v) is 11.7. The highest BCUT2D eigenvalue weighted by atomic mass is 19.1. The van der Waals surface area contributed by atoms with Crippen molar-refractivity contribution in [2.75, 3.05) is 31.5 Å². The molecule has 1 fully saturated rings. The Labute approximate surface area is 266 Å².